The van der Waals surface area contributed by atoms with Crippen LogP contribution in [0.15, 0.2) is 42.5 Å². The predicted molar refractivity (Wildman–Crippen MR) is 128 cm³/mol. The summed E-state index contributed by atoms with van der Waals surface area (Å²) < 4.78 is 4.60. The van der Waals surface area contributed by atoms with Gasteiger partial charge in [0.1, 0.15) is 5.01 Å². The van der Waals surface area contributed by atoms with E-state index < -0.39 is 22.5 Å². The number of carbonyl (C=O) groups excluding carboxylic acids is 3. The third-order valence-corrected chi connectivity index (χ3v) is 6.60. The second-order valence-corrected chi connectivity index (χ2v) is 8.85. The van der Waals surface area contributed by atoms with Crippen LogP contribution in [0.2, 0.25) is 0 Å². The lowest BCUT2D eigenvalue weighted by atomic mass is 10.1. The number of hydrogen-bond acceptors (Lipinski definition) is 9. The first-order valence-corrected chi connectivity index (χ1v) is 11.5. The average molecular weight is 496 g/mol. The van der Waals surface area contributed by atoms with Gasteiger partial charge in [-0.25, -0.2) is 4.79 Å². The van der Waals surface area contributed by atoms with Gasteiger partial charge in [-0.15, -0.1) is 10.2 Å². The number of rotatable bonds is 7. The van der Waals surface area contributed by atoms with E-state index in [-0.39, 0.29) is 34.5 Å². The van der Waals surface area contributed by atoms with Gasteiger partial charge in [-0.1, -0.05) is 30.4 Å². The molecule has 0 bridgehead atoms. The van der Waals surface area contributed by atoms with Crippen LogP contribution in [0, 0.1) is 10.1 Å². The lowest BCUT2D eigenvalue weighted by Crippen LogP contribution is -2.24. The standard InChI is InChI=1S/C23H21N5O6S/c1-3-13-4-6-17(7-5-13)27-12-16(11-19(27)29)21-25-26-23(35-21)24-20(30)14-8-15(22(31)34-2)10-18(9-14)28(32)33/h4-10,16H,3,11-12H2,1-2H3,(H,24,26,30). The van der Waals surface area contributed by atoms with Gasteiger partial charge >= 0.3 is 5.97 Å². The molecule has 1 atom stereocenters. The predicted octanol–water partition coefficient (Wildman–Crippen LogP) is 3.57. The Morgan fingerprint density at radius 3 is 2.57 bits per heavy atom. The summed E-state index contributed by atoms with van der Waals surface area (Å²) in [6.45, 7) is 2.51. The third-order valence-electron chi connectivity index (χ3n) is 5.60. The van der Waals surface area contributed by atoms with Gasteiger partial charge in [-0.05, 0) is 30.2 Å². The molecule has 4 rings (SSSR count). The van der Waals surface area contributed by atoms with Crippen molar-refractivity contribution >= 4 is 45.6 Å². The molecule has 1 saturated heterocycles. The van der Waals surface area contributed by atoms with Crippen LogP contribution in [0.25, 0.3) is 0 Å². The van der Waals surface area contributed by atoms with E-state index >= 15 is 0 Å². The summed E-state index contributed by atoms with van der Waals surface area (Å²) in [5.41, 5.74) is 1.35. The van der Waals surface area contributed by atoms with Gasteiger partial charge in [-0.2, -0.15) is 0 Å². The molecule has 180 valence electrons. The Morgan fingerprint density at radius 1 is 1.20 bits per heavy atom. The van der Waals surface area contributed by atoms with E-state index in [1.165, 1.54) is 11.6 Å². The molecule has 3 aromatic rings. The fourth-order valence-corrected chi connectivity index (χ4v) is 4.57. The Balaban J connectivity index is 1.48. The number of benzene rings is 2. The number of carbonyl (C=O) groups is 3. The van der Waals surface area contributed by atoms with Crippen LogP contribution in [0.1, 0.15) is 50.5 Å². The summed E-state index contributed by atoms with van der Waals surface area (Å²) in [5.74, 6) is -1.70. The van der Waals surface area contributed by atoms with E-state index in [2.05, 4.69) is 27.2 Å². The van der Waals surface area contributed by atoms with Crippen LogP contribution in [-0.4, -0.2) is 46.6 Å². The van der Waals surface area contributed by atoms with Crippen LogP contribution < -0.4 is 10.2 Å². The maximum atomic E-state index is 12.7. The van der Waals surface area contributed by atoms with Crippen molar-refractivity contribution in [2.75, 3.05) is 23.9 Å². The summed E-state index contributed by atoms with van der Waals surface area (Å²) in [7, 11) is 1.14. The number of nitrogens with one attached hydrogen (secondary N) is 1. The van der Waals surface area contributed by atoms with Crippen molar-refractivity contribution in [3.63, 3.8) is 0 Å². The molecule has 12 heteroatoms. The summed E-state index contributed by atoms with van der Waals surface area (Å²) in [5, 5.41) is 22.6. The van der Waals surface area contributed by atoms with Gasteiger partial charge in [0.2, 0.25) is 11.0 Å². The molecule has 0 aliphatic carbocycles. The lowest BCUT2D eigenvalue weighted by molar-refractivity contribution is -0.384. The van der Waals surface area contributed by atoms with E-state index in [4.69, 9.17) is 0 Å². The van der Waals surface area contributed by atoms with E-state index in [1.807, 2.05) is 24.3 Å². The topological polar surface area (TPSA) is 145 Å². The number of nitro benzene ring substituents is 1. The molecule has 1 N–H and O–H groups in total. The first-order valence-electron chi connectivity index (χ1n) is 10.7. The summed E-state index contributed by atoms with van der Waals surface area (Å²) in [6, 6.07) is 11.1. The normalized spacial score (nSPS) is 15.2. The zero-order chi connectivity index (χ0) is 25.1. The highest BCUT2D eigenvalue weighted by atomic mass is 32.1. The Labute approximate surface area is 203 Å². The smallest absolute Gasteiger partial charge is 0.338 e. The quantitative estimate of drug-likeness (QED) is 0.297. The highest BCUT2D eigenvalue weighted by Crippen LogP contribution is 2.34. The van der Waals surface area contributed by atoms with Gasteiger partial charge in [-0.3, -0.25) is 25.0 Å². The van der Waals surface area contributed by atoms with E-state index in [9.17, 15) is 24.5 Å². The van der Waals surface area contributed by atoms with Crippen molar-refractivity contribution in [3.05, 3.63) is 74.3 Å². The first kappa shape index (κ1) is 24.0. The Bertz CT molecular complexity index is 1310. The number of ether oxygens (including phenoxy) is 1. The van der Waals surface area contributed by atoms with Crippen molar-refractivity contribution in [1.29, 1.82) is 0 Å². The Morgan fingerprint density at radius 2 is 1.91 bits per heavy atom. The number of aromatic nitrogens is 2. The van der Waals surface area contributed by atoms with Gasteiger partial charge < -0.3 is 9.64 Å². The molecule has 1 aromatic heterocycles. The van der Waals surface area contributed by atoms with E-state index in [0.717, 1.165) is 42.7 Å². The molecular formula is C23H21N5O6S. The van der Waals surface area contributed by atoms with Crippen molar-refractivity contribution in [1.82, 2.24) is 10.2 Å². The van der Waals surface area contributed by atoms with Crippen LogP contribution in [-0.2, 0) is 16.0 Å². The maximum Gasteiger partial charge on any atom is 0.338 e. The summed E-state index contributed by atoms with van der Waals surface area (Å²) >= 11 is 1.13. The fraction of sp³-hybridized carbons (Fsp3) is 0.261. The van der Waals surface area contributed by atoms with E-state index in [1.54, 1.807) is 4.90 Å². The SMILES string of the molecule is CCc1ccc(N2CC(c3nnc(NC(=O)c4cc(C(=O)OC)cc([N+](=O)[O-])c4)s3)CC2=O)cc1. The van der Waals surface area contributed by atoms with Crippen LogP contribution >= 0.6 is 11.3 Å². The zero-order valence-electron chi connectivity index (χ0n) is 18.9. The van der Waals surface area contributed by atoms with Gasteiger partial charge in [0.05, 0.1) is 17.6 Å². The molecule has 0 radical (unpaired) electrons. The molecule has 1 fully saturated rings. The Kier molecular flexibility index (Phi) is 6.82. The second-order valence-electron chi connectivity index (χ2n) is 7.84. The fourth-order valence-electron chi connectivity index (χ4n) is 3.74. The van der Waals surface area contributed by atoms with Crippen LogP contribution in [0.3, 0.4) is 0 Å². The maximum absolute atomic E-state index is 12.7. The van der Waals surface area contributed by atoms with Crippen LogP contribution in [0.5, 0.6) is 0 Å². The zero-order valence-corrected chi connectivity index (χ0v) is 19.7. The van der Waals surface area contributed by atoms with Crippen molar-refractivity contribution in [3.8, 4) is 0 Å². The lowest BCUT2D eigenvalue weighted by Gasteiger charge is -2.16. The third kappa shape index (κ3) is 5.17. The van der Waals surface area contributed by atoms with Crippen LogP contribution in [0.4, 0.5) is 16.5 Å². The molecule has 1 aliphatic heterocycles. The number of methoxy groups -OCH3 is 1. The molecule has 1 aliphatic rings. The van der Waals surface area contributed by atoms with Gasteiger partial charge in [0.25, 0.3) is 11.6 Å². The highest BCUT2D eigenvalue weighted by molar-refractivity contribution is 7.15. The first-order chi connectivity index (χ1) is 16.8. The Hall–Kier alpha value is -4.19. The molecule has 1 unspecified atom stereocenters. The number of nitrogens with zero attached hydrogens (tertiary/aromatic N) is 4. The number of amides is 2. The summed E-state index contributed by atoms with van der Waals surface area (Å²) in [4.78, 5) is 49.4. The van der Waals surface area contributed by atoms with Gasteiger partial charge in [0, 0.05) is 42.3 Å². The number of hydrogen-bond donors (Lipinski definition) is 1. The van der Waals surface area contributed by atoms with E-state index in [0.29, 0.717) is 11.6 Å². The molecule has 35 heavy (non-hydrogen) atoms. The molecule has 2 amide bonds. The average Bonchev–Trinajstić information content (AvgIpc) is 3.49. The highest BCUT2D eigenvalue weighted by Gasteiger charge is 2.34. The largest absolute Gasteiger partial charge is 0.465 e. The van der Waals surface area contributed by atoms with Crippen molar-refractivity contribution in [2.45, 2.75) is 25.7 Å². The molecule has 0 spiro atoms. The molecule has 11 nitrogen and oxygen atoms in total. The summed E-state index contributed by atoms with van der Waals surface area (Å²) in [6.07, 6.45) is 1.18. The van der Waals surface area contributed by atoms with Gasteiger partial charge in [0.15, 0.2) is 0 Å². The number of nitro groups is 1. The minimum atomic E-state index is -0.805. The number of anilines is 2. The number of esters is 1. The van der Waals surface area contributed by atoms with Crippen molar-refractivity contribution < 1.29 is 24.0 Å². The number of aryl methyl sites for hydroxylation is 1. The molecule has 2 heterocycles. The molecule has 0 saturated carbocycles. The minimum absolute atomic E-state index is 0.0213. The molecular weight excluding hydrogens is 474 g/mol. The monoisotopic (exact) mass is 495 g/mol. The van der Waals surface area contributed by atoms with Crippen molar-refractivity contribution in [2.24, 2.45) is 0 Å². The molecule has 2 aromatic carbocycles. The minimum Gasteiger partial charge on any atom is -0.465 e. The number of non-ortho nitro benzene ring substituents is 1. The second kappa shape index (κ2) is 9.97.